The summed E-state index contributed by atoms with van der Waals surface area (Å²) in [6, 6.07) is 28.8. The van der Waals surface area contributed by atoms with E-state index in [9.17, 15) is 4.79 Å². The minimum atomic E-state index is -0.388. The first-order valence-electron chi connectivity index (χ1n) is 21.0. The van der Waals surface area contributed by atoms with Gasteiger partial charge in [-0.2, -0.15) is 5.21 Å². The number of aromatic amines is 1. The van der Waals surface area contributed by atoms with E-state index in [4.69, 9.17) is 29.2 Å². The number of hydrogen-bond donors (Lipinski definition) is 1. The summed E-state index contributed by atoms with van der Waals surface area (Å²) in [5.74, 6) is 1.83. The van der Waals surface area contributed by atoms with Crippen LogP contribution in [0.4, 0.5) is 11.4 Å². The van der Waals surface area contributed by atoms with Crippen LogP contribution < -0.4 is 9.80 Å². The van der Waals surface area contributed by atoms with E-state index in [0.717, 1.165) is 116 Å². The fourth-order valence-corrected chi connectivity index (χ4v) is 8.83. The number of esters is 1. The molecule has 0 aliphatic carbocycles. The number of benzene rings is 4. The number of aromatic nitrogens is 10. The van der Waals surface area contributed by atoms with Crippen molar-refractivity contribution in [3.8, 4) is 22.8 Å². The molecule has 2 saturated heterocycles. The Morgan fingerprint density at radius 1 is 0.635 bits per heavy atom. The monoisotopic (exact) mass is 842 g/mol. The number of rotatable bonds is 6. The normalized spacial score (nSPS) is 14.4. The van der Waals surface area contributed by atoms with E-state index in [-0.39, 0.29) is 5.97 Å². The Hall–Kier alpha value is -7.30. The Morgan fingerprint density at radius 3 is 1.67 bits per heavy atom. The molecular formula is C47H46N12O4. The third kappa shape index (κ3) is 7.36. The molecule has 0 radical (unpaired) electrons. The van der Waals surface area contributed by atoms with Gasteiger partial charge in [0.05, 0.1) is 78.1 Å². The van der Waals surface area contributed by atoms with E-state index >= 15 is 0 Å². The van der Waals surface area contributed by atoms with E-state index in [1.165, 1.54) is 7.11 Å². The van der Waals surface area contributed by atoms with Gasteiger partial charge in [0.1, 0.15) is 22.7 Å². The molecule has 0 atom stereocenters. The predicted molar refractivity (Wildman–Crippen MR) is 242 cm³/mol. The Labute approximate surface area is 362 Å². The summed E-state index contributed by atoms with van der Waals surface area (Å²) < 4.78 is 20.5. The molecule has 11 rings (SSSR count). The molecule has 0 bridgehead atoms. The molecule has 0 amide bonds. The van der Waals surface area contributed by atoms with Crippen LogP contribution in [0.1, 0.15) is 33.4 Å². The molecule has 16 nitrogen and oxygen atoms in total. The third-order valence-corrected chi connectivity index (χ3v) is 11.7. The Bertz CT molecular complexity index is 3170. The number of fused-ring (bicyclic) bond motifs is 4. The number of aryl methyl sites for hydroxylation is 4. The maximum atomic E-state index is 12.7. The topological polar surface area (TPSA) is 167 Å². The number of nitrogens with one attached hydrogen (secondary N) is 1. The van der Waals surface area contributed by atoms with Gasteiger partial charge >= 0.3 is 5.97 Å². The molecule has 63 heavy (non-hydrogen) atoms. The molecule has 1 N–H and O–H groups in total. The summed E-state index contributed by atoms with van der Waals surface area (Å²) >= 11 is 0. The SMILES string of the molecule is COC(=O)c1cc(N2CCOCC2)cc2c1nc(C)n2-c1cc(C)nc2ccccc12.Cc1cc(-n2c(C)nc3c(-c4nn[nH]n4)cc(N4CCOCC4)cc32)c2ccccc2n1. The molecule has 2 aliphatic heterocycles. The average molecular weight is 843 g/mol. The van der Waals surface area contributed by atoms with Crippen molar-refractivity contribution >= 4 is 61.2 Å². The van der Waals surface area contributed by atoms with Gasteiger partial charge in [-0.25, -0.2) is 14.8 Å². The molecule has 7 heterocycles. The average Bonchev–Trinajstić information content (AvgIpc) is 4.05. The summed E-state index contributed by atoms with van der Waals surface area (Å²) in [6.07, 6.45) is 0. The van der Waals surface area contributed by atoms with Crippen molar-refractivity contribution in [3.05, 3.63) is 114 Å². The molecule has 5 aromatic heterocycles. The lowest BCUT2D eigenvalue weighted by molar-refractivity contribution is 0.0602. The van der Waals surface area contributed by atoms with Gasteiger partial charge in [0.15, 0.2) is 0 Å². The second-order valence-corrected chi connectivity index (χ2v) is 15.7. The number of tetrazole rings is 1. The fourth-order valence-electron chi connectivity index (χ4n) is 8.83. The molecule has 9 aromatic rings. The first-order valence-corrected chi connectivity index (χ1v) is 21.0. The number of para-hydroxylation sites is 2. The number of H-pyrrole nitrogens is 1. The number of anilines is 2. The maximum absolute atomic E-state index is 12.7. The Balaban J connectivity index is 0.000000150. The number of nitrogens with zero attached hydrogens (tertiary/aromatic N) is 11. The Morgan fingerprint density at radius 2 is 1.14 bits per heavy atom. The number of carbonyl (C=O) groups excluding carboxylic acids is 1. The number of carbonyl (C=O) groups is 1. The number of ether oxygens (including phenoxy) is 3. The number of methoxy groups -OCH3 is 1. The van der Waals surface area contributed by atoms with Gasteiger partial charge in [-0.3, -0.25) is 19.1 Å². The number of morpholine rings is 2. The van der Waals surface area contributed by atoms with Gasteiger partial charge in [-0.05, 0) is 81.4 Å². The van der Waals surface area contributed by atoms with Gasteiger partial charge in [-0.1, -0.05) is 36.4 Å². The van der Waals surface area contributed by atoms with Gasteiger partial charge in [-0.15, -0.1) is 10.2 Å². The summed E-state index contributed by atoms with van der Waals surface area (Å²) in [5, 5.41) is 17.0. The zero-order valence-corrected chi connectivity index (χ0v) is 35.8. The molecule has 16 heteroatoms. The van der Waals surface area contributed by atoms with Gasteiger partial charge < -0.3 is 24.0 Å². The van der Waals surface area contributed by atoms with Gasteiger partial charge in [0.2, 0.25) is 5.82 Å². The summed E-state index contributed by atoms with van der Waals surface area (Å²) in [4.78, 5) is 36.3. The highest BCUT2D eigenvalue weighted by atomic mass is 16.5. The Kier molecular flexibility index (Phi) is 10.4. The molecule has 2 aliphatic rings. The van der Waals surface area contributed by atoms with Crippen LogP contribution in [0.5, 0.6) is 0 Å². The van der Waals surface area contributed by atoms with Crippen LogP contribution >= 0.6 is 0 Å². The number of imidazole rings is 2. The van der Waals surface area contributed by atoms with Crippen molar-refractivity contribution in [3.63, 3.8) is 0 Å². The molecule has 318 valence electrons. The van der Waals surface area contributed by atoms with E-state index in [1.807, 2.05) is 70.2 Å². The van der Waals surface area contributed by atoms with Crippen molar-refractivity contribution < 1.29 is 19.0 Å². The zero-order chi connectivity index (χ0) is 43.2. The van der Waals surface area contributed by atoms with Crippen LogP contribution in [-0.2, 0) is 14.2 Å². The molecule has 0 unspecified atom stereocenters. The van der Waals surface area contributed by atoms with E-state index in [0.29, 0.717) is 43.3 Å². The first kappa shape index (κ1) is 39.8. The van der Waals surface area contributed by atoms with E-state index < -0.39 is 0 Å². The highest BCUT2D eigenvalue weighted by Crippen LogP contribution is 2.36. The standard InChI is InChI=1S/C24H24N4O3.C23H22N8O/c1-15-12-21(18-6-4-5-7-20(18)25-15)28-16(2)26-23-19(24(29)30-3)13-17(14-22(23)28)27-8-10-31-11-9-27;1-14-11-20(17-5-3-4-6-19(17)24-14)31-15(2)25-22-18(23-26-28-29-27-23)12-16(13-21(22)31)30-7-9-32-10-8-30/h4-7,12-14H,8-11H2,1-3H3;3-6,11-13H,7-10H2,1-2H3,(H,26,27,28,29). The summed E-state index contributed by atoms with van der Waals surface area (Å²) in [6.45, 7) is 14.0. The van der Waals surface area contributed by atoms with Crippen molar-refractivity contribution in [1.29, 1.82) is 0 Å². The van der Waals surface area contributed by atoms with Crippen molar-refractivity contribution in [2.45, 2.75) is 27.7 Å². The van der Waals surface area contributed by atoms with Crippen LogP contribution in [0.3, 0.4) is 0 Å². The molecule has 2 fully saturated rings. The molecule has 0 spiro atoms. The highest BCUT2D eigenvalue weighted by molar-refractivity contribution is 6.05. The van der Waals surface area contributed by atoms with E-state index in [1.54, 1.807) is 0 Å². The van der Waals surface area contributed by atoms with Crippen molar-refractivity contribution in [2.24, 2.45) is 0 Å². The van der Waals surface area contributed by atoms with Crippen LogP contribution in [0.2, 0.25) is 0 Å². The van der Waals surface area contributed by atoms with Crippen LogP contribution in [0.15, 0.2) is 84.9 Å². The lowest BCUT2D eigenvalue weighted by Gasteiger charge is -2.29. The number of hydrogen-bond acceptors (Lipinski definition) is 13. The first-order chi connectivity index (χ1) is 30.7. The van der Waals surface area contributed by atoms with Gasteiger partial charge in [0, 0.05) is 59.7 Å². The van der Waals surface area contributed by atoms with Crippen LogP contribution in [0, 0.1) is 27.7 Å². The predicted octanol–water partition coefficient (Wildman–Crippen LogP) is 7.02. The summed E-state index contributed by atoms with van der Waals surface area (Å²) in [5.41, 5.74) is 12.6. The number of pyridine rings is 2. The molecule has 0 saturated carbocycles. The second-order valence-electron chi connectivity index (χ2n) is 15.7. The molecule has 4 aromatic carbocycles. The van der Waals surface area contributed by atoms with Crippen molar-refractivity contribution in [1.82, 2.24) is 49.7 Å². The lowest BCUT2D eigenvalue weighted by atomic mass is 10.1. The minimum absolute atomic E-state index is 0.388. The summed E-state index contributed by atoms with van der Waals surface area (Å²) in [7, 11) is 1.40. The van der Waals surface area contributed by atoms with Crippen LogP contribution in [-0.4, -0.2) is 115 Å². The smallest absolute Gasteiger partial charge is 0.340 e. The highest BCUT2D eigenvalue weighted by Gasteiger charge is 2.24. The maximum Gasteiger partial charge on any atom is 0.340 e. The largest absolute Gasteiger partial charge is 0.465 e. The molecular weight excluding hydrogens is 797 g/mol. The second kappa shape index (κ2) is 16.5. The minimum Gasteiger partial charge on any atom is -0.465 e. The third-order valence-electron chi connectivity index (χ3n) is 11.7. The zero-order valence-electron chi connectivity index (χ0n) is 35.8. The lowest BCUT2D eigenvalue weighted by Crippen LogP contribution is -2.36. The van der Waals surface area contributed by atoms with Gasteiger partial charge in [0.25, 0.3) is 0 Å². The van der Waals surface area contributed by atoms with Crippen molar-refractivity contribution in [2.75, 3.05) is 69.5 Å². The van der Waals surface area contributed by atoms with E-state index in [2.05, 4.69) is 87.0 Å². The van der Waals surface area contributed by atoms with Crippen LogP contribution in [0.25, 0.3) is 66.6 Å². The quantitative estimate of drug-likeness (QED) is 0.170. The fraction of sp³-hybridized carbons (Fsp3) is 0.277.